The molecule has 1 heterocycles. The number of imide groups is 1. The number of urea groups is 1. The minimum absolute atomic E-state index is 0.198. The fourth-order valence-electron chi connectivity index (χ4n) is 3.37. The van der Waals surface area contributed by atoms with Gasteiger partial charge < -0.3 is 10.0 Å². The Balaban J connectivity index is 1.89. The predicted molar refractivity (Wildman–Crippen MR) is 76.6 cm³/mol. The molecule has 0 radical (unpaired) electrons. The first-order valence-electron chi connectivity index (χ1n) is 7.65. The lowest BCUT2D eigenvalue weighted by atomic mass is 9.85. The predicted octanol–water partition coefficient (Wildman–Crippen LogP) is 1.99. The van der Waals surface area contributed by atoms with Crippen LogP contribution in [0.15, 0.2) is 0 Å². The van der Waals surface area contributed by atoms with Gasteiger partial charge in [-0.25, -0.2) is 4.79 Å². The SMILES string of the molecule is CC(C)(CC(=O)NC(=O)N1CCC2CCCCC21)C(=O)O. The fraction of sp³-hybridized carbons (Fsp3) is 0.800. The second-order valence-electron chi connectivity index (χ2n) is 6.81. The van der Waals surface area contributed by atoms with Crippen LogP contribution in [0.25, 0.3) is 0 Å². The molecule has 6 nitrogen and oxygen atoms in total. The molecule has 1 saturated heterocycles. The summed E-state index contributed by atoms with van der Waals surface area (Å²) in [5.41, 5.74) is -1.16. The van der Waals surface area contributed by atoms with Crippen LogP contribution in [0.4, 0.5) is 4.79 Å². The van der Waals surface area contributed by atoms with Crippen molar-refractivity contribution in [1.82, 2.24) is 10.2 Å². The molecule has 2 fully saturated rings. The van der Waals surface area contributed by atoms with E-state index in [-0.39, 0.29) is 18.5 Å². The van der Waals surface area contributed by atoms with Crippen LogP contribution < -0.4 is 5.32 Å². The number of hydrogen-bond donors (Lipinski definition) is 2. The van der Waals surface area contributed by atoms with E-state index in [2.05, 4.69) is 5.32 Å². The first kappa shape index (κ1) is 15.8. The summed E-state index contributed by atoms with van der Waals surface area (Å²) in [7, 11) is 0. The second kappa shape index (κ2) is 6.03. The number of carbonyl (C=O) groups is 3. The Morgan fingerprint density at radius 2 is 1.86 bits per heavy atom. The van der Waals surface area contributed by atoms with Crippen molar-refractivity contribution in [3.05, 3.63) is 0 Å². The van der Waals surface area contributed by atoms with Gasteiger partial charge in [-0.15, -0.1) is 0 Å². The molecule has 0 aromatic carbocycles. The number of nitrogens with zero attached hydrogens (tertiary/aromatic N) is 1. The third-order valence-electron chi connectivity index (χ3n) is 4.70. The standard InChI is InChI=1S/C15H24N2O4/c1-15(2,13(19)20)9-12(18)16-14(21)17-8-7-10-5-3-4-6-11(10)17/h10-11H,3-9H2,1-2H3,(H,19,20)(H,16,18,21). The van der Waals surface area contributed by atoms with Gasteiger partial charge >= 0.3 is 12.0 Å². The van der Waals surface area contributed by atoms with Gasteiger partial charge in [0.2, 0.25) is 5.91 Å². The third kappa shape index (κ3) is 3.54. The molecule has 0 bridgehead atoms. The van der Waals surface area contributed by atoms with Crippen LogP contribution in [0.2, 0.25) is 0 Å². The highest BCUT2D eigenvalue weighted by Gasteiger charge is 2.39. The molecule has 0 aromatic rings. The Bertz CT molecular complexity index is 447. The molecule has 0 spiro atoms. The molecule has 2 rings (SSSR count). The number of amides is 3. The highest BCUT2D eigenvalue weighted by molar-refractivity contribution is 5.96. The van der Waals surface area contributed by atoms with Gasteiger partial charge in [-0.2, -0.15) is 0 Å². The van der Waals surface area contributed by atoms with Crippen molar-refractivity contribution >= 4 is 17.9 Å². The molecular weight excluding hydrogens is 272 g/mol. The van der Waals surface area contributed by atoms with Crippen LogP contribution in [0, 0.1) is 11.3 Å². The van der Waals surface area contributed by atoms with E-state index in [1.54, 1.807) is 4.90 Å². The zero-order valence-electron chi connectivity index (χ0n) is 12.7. The number of hydrogen-bond acceptors (Lipinski definition) is 3. The average Bonchev–Trinajstić information content (AvgIpc) is 2.81. The lowest BCUT2D eigenvalue weighted by Crippen LogP contribution is -2.48. The summed E-state index contributed by atoms with van der Waals surface area (Å²) in [5.74, 6) is -1.000. The Hall–Kier alpha value is -1.59. The molecular formula is C15H24N2O4. The van der Waals surface area contributed by atoms with Crippen molar-refractivity contribution in [1.29, 1.82) is 0 Å². The van der Waals surface area contributed by atoms with Crippen LogP contribution in [0.1, 0.15) is 52.4 Å². The zero-order chi connectivity index (χ0) is 15.6. The lowest BCUT2D eigenvalue weighted by Gasteiger charge is -2.31. The average molecular weight is 296 g/mol. The third-order valence-corrected chi connectivity index (χ3v) is 4.70. The molecule has 21 heavy (non-hydrogen) atoms. The highest BCUT2D eigenvalue weighted by atomic mass is 16.4. The van der Waals surface area contributed by atoms with Crippen LogP contribution in [0.3, 0.4) is 0 Å². The van der Waals surface area contributed by atoms with Gasteiger partial charge in [-0.1, -0.05) is 12.8 Å². The molecule has 2 unspecified atom stereocenters. The Labute approximate surface area is 124 Å². The molecule has 2 aliphatic rings. The summed E-state index contributed by atoms with van der Waals surface area (Å²) in [4.78, 5) is 36.9. The van der Waals surface area contributed by atoms with Crippen LogP contribution >= 0.6 is 0 Å². The van der Waals surface area contributed by atoms with E-state index in [1.165, 1.54) is 20.3 Å². The molecule has 6 heteroatoms. The molecule has 2 N–H and O–H groups in total. The van der Waals surface area contributed by atoms with E-state index in [1.807, 2.05) is 0 Å². The summed E-state index contributed by atoms with van der Waals surface area (Å²) in [6, 6.07) is -0.116. The summed E-state index contributed by atoms with van der Waals surface area (Å²) < 4.78 is 0. The summed E-state index contributed by atoms with van der Waals surface area (Å²) in [5, 5.41) is 11.4. The number of fused-ring (bicyclic) bond motifs is 1. The number of nitrogens with one attached hydrogen (secondary N) is 1. The first-order valence-corrected chi connectivity index (χ1v) is 7.65. The van der Waals surface area contributed by atoms with E-state index in [0.29, 0.717) is 12.5 Å². The van der Waals surface area contributed by atoms with Gasteiger partial charge in [-0.05, 0) is 39.0 Å². The van der Waals surface area contributed by atoms with Crippen molar-refractivity contribution in [2.24, 2.45) is 11.3 Å². The number of carbonyl (C=O) groups excluding carboxylic acids is 2. The van der Waals surface area contributed by atoms with Gasteiger partial charge in [0.1, 0.15) is 0 Å². The minimum atomic E-state index is -1.16. The Morgan fingerprint density at radius 1 is 1.19 bits per heavy atom. The van der Waals surface area contributed by atoms with Crippen LogP contribution in [0.5, 0.6) is 0 Å². The quantitative estimate of drug-likeness (QED) is 0.834. The molecule has 118 valence electrons. The van der Waals surface area contributed by atoms with Gasteiger partial charge in [0.05, 0.1) is 5.41 Å². The second-order valence-corrected chi connectivity index (χ2v) is 6.81. The zero-order valence-corrected chi connectivity index (χ0v) is 12.7. The summed E-state index contributed by atoms with van der Waals surface area (Å²) in [6.07, 6.45) is 5.33. The van der Waals surface area contributed by atoms with E-state index >= 15 is 0 Å². The molecule has 1 saturated carbocycles. The molecule has 2 atom stereocenters. The number of likely N-dealkylation sites (tertiary alicyclic amines) is 1. The van der Waals surface area contributed by atoms with Gasteiger partial charge in [0.15, 0.2) is 0 Å². The maximum atomic E-state index is 12.2. The Morgan fingerprint density at radius 3 is 2.52 bits per heavy atom. The molecule has 1 aliphatic carbocycles. The lowest BCUT2D eigenvalue weighted by molar-refractivity contribution is -0.149. The number of aliphatic carboxylic acids is 1. The smallest absolute Gasteiger partial charge is 0.324 e. The summed E-state index contributed by atoms with van der Waals surface area (Å²) >= 11 is 0. The summed E-state index contributed by atoms with van der Waals surface area (Å²) in [6.45, 7) is 3.65. The highest BCUT2D eigenvalue weighted by Crippen LogP contribution is 2.36. The first-order chi connectivity index (χ1) is 9.81. The maximum absolute atomic E-state index is 12.2. The van der Waals surface area contributed by atoms with Crippen molar-refractivity contribution in [2.75, 3.05) is 6.54 Å². The molecule has 3 amide bonds. The van der Waals surface area contributed by atoms with Gasteiger partial charge in [-0.3, -0.25) is 14.9 Å². The topological polar surface area (TPSA) is 86.7 Å². The van der Waals surface area contributed by atoms with Crippen molar-refractivity contribution < 1.29 is 19.5 Å². The molecule has 1 aliphatic heterocycles. The van der Waals surface area contributed by atoms with E-state index in [0.717, 1.165) is 25.7 Å². The van der Waals surface area contributed by atoms with E-state index in [4.69, 9.17) is 5.11 Å². The van der Waals surface area contributed by atoms with E-state index in [9.17, 15) is 14.4 Å². The molecule has 0 aromatic heterocycles. The number of carboxylic acid groups (broad SMARTS) is 1. The van der Waals surface area contributed by atoms with Crippen molar-refractivity contribution in [3.8, 4) is 0 Å². The number of rotatable bonds is 3. The largest absolute Gasteiger partial charge is 0.481 e. The van der Waals surface area contributed by atoms with Crippen molar-refractivity contribution in [3.63, 3.8) is 0 Å². The minimum Gasteiger partial charge on any atom is -0.481 e. The van der Waals surface area contributed by atoms with Crippen LogP contribution in [-0.4, -0.2) is 40.5 Å². The maximum Gasteiger partial charge on any atom is 0.324 e. The normalized spacial score (nSPS) is 25.3. The van der Waals surface area contributed by atoms with Gasteiger partial charge in [0, 0.05) is 19.0 Å². The fourth-order valence-corrected chi connectivity index (χ4v) is 3.37. The monoisotopic (exact) mass is 296 g/mol. The van der Waals surface area contributed by atoms with E-state index < -0.39 is 17.3 Å². The Kier molecular flexibility index (Phi) is 4.54. The van der Waals surface area contributed by atoms with Crippen LogP contribution in [-0.2, 0) is 9.59 Å². The van der Waals surface area contributed by atoms with Crippen molar-refractivity contribution in [2.45, 2.75) is 58.4 Å². The van der Waals surface area contributed by atoms with Gasteiger partial charge in [0.25, 0.3) is 0 Å². The number of carboxylic acids is 1.